The summed E-state index contributed by atoms with van der Waals surface area (Å²) >= 11 is 0. The number of hydrogen-bond acceptors (Lipinski definition) is 6. The first kappa shape index (κ1) is 13.9. The molecule has 0 atom stereocenters. The zero-order chi connectivity index (χ0) is 13.8. The molecule has 0 bridgehead atoms. The third kappa shape index (κ3) is 4.77. The molecule has 1 N–H and O–H groups in total. The van der Waals surface area contributed by atoms with Crippen LogP contribution in [0.15, 0.2) is 12.4 Å². The minimum absolute atomic E-state index is 0.200. The van der Waals surface area contributed by atoms with Gasteiger partial charge in [0.05, 0.1) is 12.4 Å². The molecule has 0 radical (unpaired) electrons. The van der Waals surface area contributed by atoms with Crippen molar-refractivity contribution in [3.63, 3.8) is 0 Å². The maximum absolute atomic E-state index is 11.3. The second-order valence-corrected chi connectivity index (χ2v) is 4.42. The maximum Gasteiger partial charge on any atom is 0.373 e. The van der Waals surface area contributed by atoms with Crippen LogP contribution in [0.25, 0.3) is 0 Å². The fourth-order valence-corrected chi connectivity index (χ4v) is 1.01. The minimum Gasteiger partial charge on any atom is -0.479 e. The van der Waals surface area contributed by atoms with E-state index in [1.165, 1.54) is 12.4 Å². The summed E-state index contributed by atoms with van der Waals surface area (Å²) in [7, 11) is 0. The van der Waals surface area contributed by atoms with Gasteiger partial charge in [-0.2, -0.15) is 0 Å². The van der Waals surface area contributed by atoms with Crippen molar-refractivity contribution in [1.82, 2.24) is 9.97 Å². The fourth-order valence-electron chi connectivity index (χ4n) is 1.01. The molecule has 0 saturated carbocycles. The Kier molecular flexibility index (Phi) is 4.19. The first-order valence-electron chi connectivity index (χ1n) is 5.18. The Morgan fingerprint density at radius 1 is 1.28 bits per heavy atom. The Balaban J connectivity index is 2.49. The van der Waals surface area contributed by atoms with Gasteiger partial charge in [0.25, 0.3) is 0 Å². The lowest BCUT2D eigenvalue weighted by atomic mass is 10.2. The van der Waals surface area contributed by atoms with E-state index in [9.17, 15) is 9.59 Å². The molecule has 18 heavy (non-hydrogen) atoms. The molecule has 0 aliphatic carbocycles. The van der Waals surface area contributed by atoms with E-state index in [1.54, 1.807) is 20.8 Å². The molecule has 1 rings (SSSR count). The number of hydrogen-bond donors (Lipinski definition) is 1. The summed E-state index contributed by atoms with van der Waals surface area (Å²) in [5, 5.41) is 8.58. The number of carboxylic acids is 1. The van der Waals surface area contributed by atoms with Crippen LogP contribution in [0, 0.1) is 0 Å². The van der Waals surface area contributed by atoms with Gasteiger partial charge >= 0.3 is 11.9 Å². The van der Waals surface area contributed by atoms with E-state index in [-0.39, 0.29) is 18.2 Å². The van der Waals surface area contributed by atoms with Crippen LogP contribution in [-0.2, 0) is 9.53 Å². The molecular weight excluding hydrogens is 240 g/mol. The topological polar surface area (TPSA) is 98.6 Å². The van der Waals surface area contributed by atoms with Gasteiger partial charge in [-0.25, -0.2) is 19.6 Å². The second kappa shape index (κ2) is 5.44. The third-order valence-corrected chi connectivity index (χ3v) is 1.60. The van der Waals surface area contributed by atoms with Gasteiger partial charge in [0.2, 0.25) is 5.82 Å². The first-order valence-corrected chi connectivity index (χ1v) is 5.18. The maximum atomic E-state index is 11.3. The molecule has 0 saturated heterocycles. The number of ether oxygens (including phenoxy) is 2. The number of carbonyl (C=O) groups excluding carboxylic acids is 1. The van der Waals surface area contributed by atoms with Crippen LogP contribution in [0.4, 0.5) is 0 Å². The molecule has 1 heterocycles. The van der Waals surface area contributed by atoms with Crippen molar-refractivity contribution in [2.45, 2.75) is 26.4 Å². The average molecular weight is 254 g/mol. The Hall–Kier alpha value is -2.18. The molecule has 0 aromatic carbocycles. The Morgan fingerprint density at radius 2 is 1.83 bits per heavy atom. The summed E-state index contributed by atoms with van der Waals surface area (Å²) in [4.78, 5) is 28.9. The van der Waals surface area contributed by atoms with Gasteiger partial charge in [0, 0.05) is 0 Å². The average Bonchev–Trinajstić information content (AvgIpc) is 2.24. The van der Waals surface area contributed by atoms with Crippen molar-refractivity contribution < 1.29 is 24.2 Å². The molecule has 0 aliphatic rings. The van der Waals surface area contributed by atoms with Crippen molar-refractivity contribution in [2.75, 3.05) is 6.61 Å². The number of carbonyl (C=O) groups is 2. The van der Waals surface area contributed by atoms with Crippen molar-refractivity contribution in [3.8, 4) is 5.75 Å². The van der Waals surface area contributed by atoms with Crippen LogP contribution in [0.1, 0.15) is 31.4 Å². The number of aromatic carboxylic acids is 1. The van der Waals surface area contributed by atoms with Gasteiger partial charge in [-0.15, -0.1) is 0 Å². The normalized spacial score (nSPS) is 10.8. The van der Waals surface area contributed by atoms with E-state index in [0.29, 0.717) is 0 Å². The number of esters is 1. The van der Waals surface area contributed by atoms with E-state index in [4.69, 9.17) is 14.6 Å². The van der Waals surface area contributed by atoms with Gasteiger partial charge in [0.1, 0.15) is 5.60 Å². The predicted molar refractivity (Wildman–Crippen MR) is 60.3 cm³/mol. The lowest BCUT2D eigenvalue weighted by Gasteiger charge is -2.19. The first-order chi connectivity index (χ1) is 8.28. The minimum atomic E-state index is -1.23. The zero-order valence-electron chi connectivity index (χ0n) is 10.3. The number of carboxylic acid groups (broad SMARTS) is 1. The van der Waals surface area contributed by atoms with Crippen molar-refractivity contribution in [3.05, 3.63) is 18.2 Å². The van der Waals surface area contributed by atoms with Crippen molar-refractivity contribution in [2.24, 2.45) is 0 Å². The highest BCUT2D eigenvalue weighted by atomic mass is 16.6. The van der Waals surface area contributed by atoms with Crippen LogP contribution >= 0.6 is 0 Å². The number of aromatic nitrogens is 2. The van der Waals surface area contributed by atoms with E-state index < -0.39 is 17.5 Å². The summed E-state index contributed by atoms with van der Waals surface area (Å²) in [5.41, 5.74) is -0.579. The number of rotatable bonds is 4. The van der Waals surface area contributed by atoms with Crippen LogP contribution in [0.3, 0.4) is 0 Å². The quantitative estimate of drug-likeness (QED) is 0.796. The van der Waals surface area contributed by atoms with Gasteiger partial charge < -0.3 is 14.6 Å². The molecule has 0 amide bonds. The highest BCUT2D eigenvalue weighted by Crippen LogP contribution is 2.09. The summed E-state index contributed by atoms with van der Waals surface area (Å²) in [6.07, 6.45) is 2.36. The lowest BCUT2D eigenvalue weighted by molar-refractivity contribution is -0.157. The molecule has 98 valence electrons. The van der Waals surface area contributed by atoms with E-state index in [0.717, 1.165) is 0 Å². The van der Waals surface area contributed by atoms with Crippen molar-refractivity contribution in [1.29, 1.82) is 0 Å². The largest absolute Gasteiger partial charge is 0.479 e. The molecule has 7 nitrogen and oxygen atoms in total. The molecule has 0 spiro atoms. The Labute approximate surface area is 104 Å². The Morgan fingerprint density at radius 3 is 2.28 bits per heavy atom. The van der Waals surface area contributed by atoms with Crippen LogP contribution in [-0.4, -0.2) is 39.2 Å². The van der Waals surface area contributed by atoms with Gasteiger partial charge in [-0.1, -0.05) is 0 Å². The van der Waals surface area contributed by atoms with Gasteiger partial charge in [0.15, 0.2) is 12.4 Å². The molecular formula is C11H14N2O5. The highest BCUT2D eigenvalue weighted by Gasteiger charge is 2.16. The molecule has 0 aliphatic heterocycles. The van der Waals surface area contributed by atoms with Crippen LogP contribution < -0.4 is 4.74 Å². The predicted octanol–water partition coefficient (Wildman–Crippen LogP) is 0.895. The van der Waals surface area contributed by atoms with Crippen molar-refractivity contribution >= 4 is 11.9 Å². The molecule has 1 aromatic heterocycles. The lowest BCUT2D eigenvalue weighted by Crippen LogP contribution is -2.27. The van der Waals surface area contributed by atoms with Crippen LogP contribution in [0.2, 0.25) is 0 Å². The molecule has 1 aromatic rings. The van der Waals surface area contributed by atoms with Gasteiger partial charge in [-0.3, -0.25) is 0 Å². The molecule has 0 unspecified atom stereocenters. The summed E-state index contributed by atoms with van der Waals surface area (Å²) in [5.74, 6) is -1.89. The summed E-state index contributed by atoms with van der Waals surface area (Å²) in [6, 6.07) is 0. The SMILES string of the molecule is CC(C)(C)OC(=O)COc1cnc(C(=O)O)nc1. The van der Waals surface area contributed by atoms with Gasteiger partial charge in [-0.05, 0) is 20.8 Å². The third-order valence-electron chi connectivity index (χ3n) is 1.60. The highest BCUT2D eigenvalue weighted by molar-refractivity contribution is 5.82. The van der Waals surface area contributed by atoms with E-state index in [2.05, 4.69) is 9.97 Å². The molecule has 7 heteroatoms. The monoisotopic (exact) mass is 254 g/mol. The molecule has 0 fully saturated rings. The summed E-state index contributed by atoms with van der Waals surface area (Å²) < 4.78 is 10.1. The zero-order valence-corrected chi connectivity index (χ0v) is 10.3. The number of nitrogens with zero attached hydrogens (tertiary/aromatic N) is 2. The second-order valence-electron chi connectivity index (χ2n) is 4.42. The smallest absolute Gasteiger partial charge is 0.373 e. The summed E-state index contributed by atoms with van der Waals surface area (Å²) in [6.45, 7) is 4.95. The van der Waals surface area contributed by atoms with E-state index >= 15 is 0 Å². The standard InChI is InChI=1S/C11H14N2O5/c1-11(2,3)18-8(14)6-17-7-4-12-9(10(15)16)13-5-7/h4-5H,6H2,1-3H3,(H,15,16). The van der Waals surface area contributed by atoms with Crippen LogP contribution in [0.5, 0.6) is 5.75 Å². The Bertz CT molecular complexity index is 436. The van der Waals surface area contributed by atoms with E-state index in [1.807, 2.05) is 0 Å². The fraction of sp³-hybridized carbons (Fsp3) is 0.455.